The summed E-state index contributed by atoms with van der Waals surface area (Å²) in [4.78, 5) is 11.3. The second-order valence-electron chi connectivity index (χ2n) is 16.4. The molecule has 2 aliphatic heterocycles. The highest BCUT2D eigenvalue weighted by Gasteiger charge is 2.57. The quantitative estimate of drug-likeness (QED) is 0.301. The predicted octanol–water partition coefficient (Wildman–Crippen LogP) is 6.45. The van der Waals surface area contributed by atoms with Gasteiger partial charge in [-0.2, -0.15) is 0 Å². The highest BCUT2D eigenvalue weighted by atomic mass is 32.5. The summed E-state index contributed by atoms with van der Waals surface area (Å²) in [6.07, 6.45) is -0.987. The monoisotopic (exact) mass is 554 g/mol. The van der Waals surface area contributed by atoms with Crippen LogP contribution in [0.1, 0.15) is 96.9 Å². The summed E-state index contributed by atoms with van der Waals surface area (Å²) in [5.41, 5.74) is -1.01. The molecule has 37 heavy (non-hydrogen) atoms. The Hall–Kier alpha value is 0.580. The summed E-state index contributed by atoms with van der Waals surface area (Å²) in [5.74, 6) is 0.203. The van der Waals surface area contributed by atoms with Crippen molar-refractivity contribution in [2.75, 3.05) is 6.61 Å². The first kappa shape index (κ1) is 33.8. The molecule has 1 N–H and O–H groups in total. The molecular formula is C28H53B2O5PS. The highest BCUT2D eigenvalue weighted by molar-refractivity contribution is 8.07. The van der Waals surface area contributed by atoms with Crippen LogP contribution in [0, 0.1) is 44.8 Å². The van der Waals surface area contributed by atoms with Gasteiger partial charge in [-0.3, -0.25) is 0 Å². The Morgan fingerprint density at radius 2 is 1.08 bits per heavy atom. The van der Waals surface area contributed by atoms with E-state index in [1.807, 2.05) is 0 Å². The first-order valence-corrected chi connectivity index (χ1v) is 16.3. The first-order chi connectivity index (χ1) is 16.2. The molecule has 2 aliphatic rings. The molecule has 212 valence electrons. The van der Waals surface area contributed by atoms with Crippen molar-refractivity contribution >= 4 is 34.2 Å². The summed E-state index contributed by atoms with van der Waals surface area (Å²) < 4.78 is 25.0. The van der Waals surface area contributed by atoms with E-state index in [2.05, 4.69) is 96.9 Å². The molecule has 4 radical (unpaired) electrons. The molecule has 0 bridgehead atoms. The Balaban J connectivity index is 2.28. The molecule has 0 aromatic heterocycles. The molecule has 9 atom stereocenters. The molecule has 2 heterocycles. The lowest BCUT2D eigenvalue weighted by atomic mass is 9.57. The van der Waals surface area contributed by atoms with Crippen LogP contribution < -0.4 is 0 Å². The van der Waals surface area contributed by atoms with Crippen LogP contribution >= 0.6 is 6.72 Å². The van der Waals surface area contributed by atoms with Crippen LogP contribution in [0.5, 0.6) is 0 Å². The number of hydrogen-bond donors (Lipinski definition) is 1. The summed E-state index contributed by atoms with van der Waals surface area (Å²) >= 11 is 5.58. The lowest BCUT2D eigenvalue weighted by molar-refractivity contribution is -0.0624. The summed E-state index contributed by atoms with van der Waals surface area (Å²) in [5, 5.41) is 0. The van der Waals surface area contributed by atoms with Gasteiger partial charge in [-0.1, -0.05) is 96.9 Å². The van der Waals surface area contributed by atoms with Gasteiger partial charge in [0.2, 0.25) is 0 Å². The molecule has 5 nitrogen and oxygen atoms in total. The van der Waals surface area contributed by atoms with Gasteiger partial charge in [0.05, 0.1) is 24.9 Å². The molecule has 0 amide bonds. The van der Waals surface area contributed by atoms with Crippen LogP contribution in [0.4, 0.5) is 0 Å². The van der Waals surface area contributed by atoms with Crippen molar-refractivity contribution in [2.45, 2.75) is 127 Å². The van der Waals surface area contributed by atoms with Crippen molar-refractivity contribution in [2.24, 2.45) is 44.8 Å². The minimum atomic E-state index is -3.63. The molecule has 2 rings (SSSR count). The Bertz CT molecular complexity index is 839. The molecule has 0 spiro atoms. The maximum absolute atomic E-state index is 11.3. The van der Waals surface area contributed by atoms with E-state index in [-0.39, 0.29) is 64.2 Å². The summed E-state index contributed by atoms with van der Waals surface area (Å²) in [6, 6.07) is -0.893. The lowest BCUT2D eigenvalue weighted by Crippen LogP contribution is -2.46. The third-order valence-electron chi connectivity index (χ3n) is 8.16. The minimum Gasteiger partial charge on any atom is -0.383 e. The average Bonchev–Trinajstić information content (AvgIpc) is 3.16. The van der Waals surface area contributed by atoms with Gasteiger partial charge in [-0.05, 0) is 45.3 Å². The largest absolute Gasteiger partial charge is 0.383 e. The fourth-order valence-electron chi connectivity index (χ4n) is 6.45. The fourth-order valence-corrected chi connectivity index (χ4v) is 8.01. The Kier molecular flexibility index (Phi) is 9.83. The van der Waals surface area contributed by atoms with E-state index < -0.39 is 24.2 Å². The van der Waals surface area contributed by atoms with E-state index in [0.29, 0.717) is 0 Å². The van der Waals surface area contributed by atoms with Gasteiger partial charge in [0, 0.05) is 23.3 Å². The second kappa shape index (κ2) is 10.8. The minimum absolute atomic E-state index is 0.0247. The Morgan fingerprint density at radius 1 is 0.676 bits per heavy atom. The fraction of sp³-hybridized carbons (Fsp3) is 1.00. The predicted molar refractivity (Wildman–Crippen MR) is 158 cm³/mol. The van der Waals surface area contributed by atoms with Crippen molar-refractivity contribution < 1.29 is 23.4 Å². The summed E-state index contributed by atoms with van der Waals surface area (Å²) in [7, 11) is 13.0. The first-order valence-electron chi connectivity index (χ1n) is 13.7. The molecule has 2 saturated heterocycles. The third-order valence-corrected chi connectivity index (χ3v) is 9.70. The van der Waals surface area contributed by atoms with Gasteiger partial charge in [-0.25, -0.2) is 0 Å². The van der Waals surface area contributed by atoms with E-state index >= 15 is 0 Å². The molecular weight excluding hydrogens is 501 g/mol. The highest BCUT2D eigenvalue weighted by Crippen LogP contribution is 2.57. The van der Waals surface area contributed by atoms with E-state index in [1.165, 1.54) is 0 Å². The van der Waals surface area contributed by atoms with Crippen molar-refractivity contribution in [1.29, 1.82) is 0 Å². The molecule has 0 aromatic rings. The van der Waals surface area contributed by atoms with Crippen LogP contribution in [0.25, 0.3) is 0 Å². The molecule has 3 unspecified atom stereocenters. The van der Waals surface area contributed by atoms with E-state index in [9.17, 15) is 4.89 Å². The number of hydrogen-bond acceptors (Lipinski definition) is 5. The molecule has 0 saturated carbocycles. The van der Waals surface area contributed by atoms with Gasteiger partial charge >= 0.3 is 6.72 Å². The van der Waals surface area contributed by atoms with Crippen LogP contribution in [0.2, 0.25) is 0 Å². The zero-order valence-electron chi connectivity index (χ0n) is 25.9. The molecule has 9 heteroatoms. The van der Waals surface area contributed by atoms with Gasteiger partial charge in [0.25, 0.3) is 0 Å². The standard InChI is InChI=1S/C28H53B2O5PS/c1-24(2,3)16-17(25(4,5)6)22(29)33-20(16)28(13,14)15-32-36(31,37)35-19-18(26(7,8)9)23(30)34-21(19)27(10,11)12/h16-23H,15H2,1-14H3,(H,31,37)/t16?,17-,18-,19?,20-,21-,22+,23+,36?/m0/s1. The number of ether oxygens (including phenoxy) is 2. The topological polar surface area (TPSA) is 57.2 Å². The van der Waals surface area contributed by atoms with E-state index in [1.54, 1.807) is 0 Å². The van der Waals surface area contributed by atoms with Crippen LogP contribution in [-0.4, -0.2) is 57.5 Å². The number of rotatable bonds is 6. The van der Waals surface area contributed by atoms with Gasteiger partial charge in [0.1, 0.15) is 15.7 Å². The van der Waals surface area contributed by atoms with Gasteiger partial charge in [-0.15, -0.1) is 0 Å². The van der Waals surface area contributed by atoms with Crippen molar-refractivity contribution in [3.63, 3.8) is 0 Å². The maximum Gasteiger partial charge on any atom is 0.324 e. The lowest BCUT2D eigenvalue weighted by Gasteiger charge is -2.45. The zero-order valence-corrected chi connectivity index (χ0v) is 27.6. The summed E-state index contributed by atoms with van der Waals surface area (Å²) in [6.45, 7) is 26.7. The van der Waals surface area contributed by atoms with Crippen molar-refractivity contribution in [1.82, 2.24) is 0 Å². The second-order valence-corrected chi connectivity index (χ2v) is 19.2. The third kappa shape index (κ3) is 7.86. The smallest absolute Gasteiger partial charge is 0.324 e. The zero-order chi connectivity index (χ0) is 29.2. The van der Waals surface area contributed by atoms with Gasteiger partial charge < -0.3 is 23.4 Å². The normalized spacial score (nSPS) is 36.1. The molecule has 0 aromatic carbocycles. The van der Waals surface area contributed by atoms with E-state index in [4.69, 9.17) is 46.0 Å². The van der Waals surface area contributed by atoms with Crippen LogP contribution in [0.15, 0.2) is 0 Å². The van der Waals surface area contributed by atoms with Crippen molar-refractivity contribution in [3.05, 3.63) is 0 Å². The van der Waals surface area contributed by atoms with Crippen LogP contribution in [0.3, 0.4) is 0 Å². The van der Waals surface area contributed by atoms with Crippen molar-refractivity contribution in [3.8, 4) is 0 Å². The van der Waals surface area contributed by atoms with Crippen LogP contribution in [-0.2, 0) is 30.3 Å². The maximum atomic E-state index is 11.3. The Morgan fingerprint density at radius 3 is 1.49 bits per heavy atom. The SMILES string of the molecule is [B][C@@H]1O[C@H](C(C)(C)C)C(OP(O)(=S)OCC(C)(C)[C@H]2O[C@@H]([B])[C@@H](C(C)(C)C)C2C(C)(C)C)[C@@H]1C(C)(C)C. The average molecular weight is 554 g/mol. The van der Waals surface area contributed by atoms with E-state index in [0.717, 1.165) is 0 Å². The molecule has 2 fully saturated rings. The van der Waals surface area contributed by atoms with Gasteiger partial charge in [0.15, 0.2) is 0 Å². The Labute approximate surface area is 236 Å². The molecule has 0 aliphatic carbocycles.